The van der Waals surface area contributed by atoms with Gasteiger partial charge >= 0.3 is 5.97 Å². The summed E-state index contributed by atoms with van der Waals surface area (Å²) >= 11 is 0. The number of anilines is 1. The molecule has 1 spiro atoms. The minimum absolute atomic E-state index is 0.258. The molecular weight excluding hydrogens is 476 g/mol. The number of aliphatic hydroxyl groups excluding tert-OH is 1. The first-order valence-corrected chi connectivity index (χ1v) is 12.9. The molecule has 0 bridgehead atoms. The lowest BCUT2D eigenvalue weighted by Crippen LogP contribution is -2.58. The molecule has 4 heterocycles. The molecule has 2 saturated heterocycles. The highest BCUT2D eigenvalue weighted by Crippen LogP contribution is 2.58. The standard InChI is InChI=1S/C28H34N2O7/c1-4-27-13-6-5-7-16-36-26(34)22(27)21-24(32)30(18(2)17-31)23-25(33)29(15-8-14-28(21,23)37-27)19-9-11-20(35-3)12-10-19/h6,8-14,18,21-23,31H,4-5,7,15-17H2,1-3H3/b13-6-/t18-,21+,22+,23?,27-,28+/m1/s1. The van der Waals surface area contributed by atoms with Gasteiger partial charge in [0.1, 0.15) is 28.9 Å². The fraction of sp³-hybridized carbons (Fsp3) is 0.536. The second kappa shape index (κ2) is 9.61. The predicted octanol–water partition coefficient (Wildman–Crippen LogP) is 2.23. The van der Waals surface area contributed by atoms with Crippen molar-refractivity contribution in [2.45, 2.75) is 56.4 Å². The highest BCUT2D eigenvalue weighted by molar-refractivity contribution is 6.05. The first kappa shape index (κ1) is 25.5. The molecule has 9 nitrogen and oxygen atoms in total. The average molecular weight is 511 g/mol. The Hall–Kier alpha value is -3.17. The van der Waals surface area contributed by atoms with Crippen molar-refractivity contribution in [2.24, 2.45) is 11.8 Å². The summed E-state index contributed by atoms with van der Waals surface area (Å²) in [4.78, 5) is 45.0. The number of ether oxygens (including phenoxy) is 3. The van der Waals surface area contributed by atoms with Gasteiger partial charge in [0.15, 0.2) is 0 Å². The number of rotatable bonds is 5. The van der Waals surface area contributed by atoms with Gasteiger partial charge in [0, 0.05) is 12.2 Å². The second-order valence-electron chi connectivity index (χ2n) is 10.2. The summed E-state index contributed by atoms with van der Waals surface area (Å²) in [5, 5.41) is 10.1. The molecule has 5 rings (SSSR count). The summed E-state index contributed by atoms with van der Waals surface area (Å²) < 4.78 is 17.7. The molecule has 0 radical (unpaired) electrons. The first-order chi connectivity index (χ1) is 17.8. The summed E-state index contributed by atoms with van der Waals surface area (Å²) in [6.45, 7) is 3.80. The summed E-state index contributed by atoms with van der Waals surface area (Å²) in [6.07, 6.45) is 9.34. The van der Waals surface area contributed by atoms with Crippen LogP contribution in [0.2, 0.25) is 0 Å². The fourth-order valence-electron chi connectivity index (χ4n) is 6.37. The molecule has 9 heteroatoms. The van der Waals surface area contributed by atoms with Gasteiger partial charge < -0.3 is 29.1 Å². The van der Waals surface area contributed by atoms with Crippen LogP contribution < -0.4 is 9.64 Å². The van der Waals surface area contributed by atoms with Crippen LogP contribution in [0.1, 0.15) is 33.1 Å². The lowest BCUT2D eigenvalue weighted by atomic mass is 9.73. The molecule has 0 aromatic heterocycles. The summed E-state index contributed by atoms with van der Waals surface area (Å²) in [5.74, 6) is -2.42. The Kier molecular flexibility index (Phi) is 6.62. The van der Waals surface area contributed by atoms with Gasteiger partial charge in [0.25, 0.3) is 5.91 Å². The van der Waals surface area contributed by atoms with Crippen molar-refractivity contribution in [2.75, 3.05) is 31.8 Å². The number of fused-ring (bicyclic) bond motifs is 2. The molecule has 37 heavy (non-hydrogen) atoms. The Labute approximate surface area is 216 Å². The van der Waals surface area contributed by atoms with Crippen molar-refractivity contribution >= 4 is 23.5 Å². The van der Waals surface area contributed by atoms with Crippen LogP contribution in [-0.2, 0) is 23.9 Å². The van der Waals surface area contributed by atoms with E-state index >= 15 is 0 Å². The lowest BCUT2D eigenvalue weighted by molar-refractivity contribution is -0.160. The second-order valence-corrected chi connectivity index (χ2v) is 10.2. The Morgan fingerprint density at radius 2 is 1.86 bits per heavy atom. The van der Waals surface area contributed by atoms with Gasteiger partial charge in [-0.05, 0) is 50.5 Å². The third-order valence-corrected chi connectivity index (χ3v) is 8.19. The maximum absolute atomic E-state index is 14.3. The number of likely N-dealkylation sites (tertiary alicyclic amines) is 1. The number of hydrogen-bond donors (Lipinski definition) is 1. The zero-order valence-corrected chi connectivity index (χ0v) is 21.5. The summed E-state index contributed by atoms with van der Waals surface area (Å²) in [5.41, 5.74) is -1.83. The minimum atomic E-state index is -1.39. The van der Waals surface area contributed by atoms with Crippen molar-refractivity contribution < 1.29 is 33.7 Å². The number of methoxy groups -OCH3 is 1. The third kappa shape index (κ3) is 3.78. The van der Waals surface area contributed by atoms with E-state index < -0.39 is 41.1 Å². The quantitative estimate of drug-likeness (QED) is 0.478. The maximum Gasteiger partial charge on any atom is 0.313 e. The number of cyclic esters (lactones) is 1. The molecule has 1 aromatic rings. The number of benzene rings is 1. The maximum atomic E-state index is 14.3. The SMILES string of the molecule is CC[C@@]12/C=C\CCCOC(=O)[C@@H]1[C@H]1C(=O)N([C@H](C)CO)C3C(=O)N(c4ccc(OC)cc4)CC=C[C@@]31O2. The zero-order valence-electron chi connectivity index (χ0n) is 21.5. The van der Waals surface area contributed by atoms with Crippen molar-refractivity contribution in [1.82, 2.24) is 4.90 Å². The Bertz CT molecular complexity index is 1130. The number of esters is 1. The molecule has 1 aromatic carbocycles. The van der Waals surface area contributed by atoms with Crippen LogP contribution in [0.4, 0.5) is 5.69 Å². The van der Waals surface area contributed by atoms with E-state index in [0.29, 0.717) is 30.7 Å². The molecule has 6 atom stereocenters. The fourth-order valence-corrected chi connectivity index (χ4v) is 6.37. The minimum Gasteiger partial charge on any atom is -0.497 e. The van der Waals surface area contributed by atoms with Crippen LogP contribution in [0.15, 0.2) is 48.6 Å². The van der Waals surface area contributed by atoms with E-state index in [0.717, 1.165) is 0 Å². The third-order valence-electron chi connectivity index (χ3n) is 8.19. The van der Waals surface area contributed by atoms with Gasteiger partial charge in [-0.1, -0.05) is 31.2 Å². The molecule has 2 fully saturated rings. The number of aliphatic hydroxyl groups is 1. The number of allylic oxidation sites excluding steroid dienone is 1. The van der Waals surface area contributed by atoms with Gasteiger partial charge in [-0.25, -0.2) is 0 Å². The molecule has 4 aliphatic rings. The van der Waals surface area contributed by atoms with Gasteiger partial charge in [-0.2, -0.15) is 0 Å². The summed E-state index contributed by atoms with van der Waals surface area (Å²) in [7, 11) is 1.57. The van der Waals surface area contributed by atoms with Crippen LogP contribution in [0.3, 0.4) is 0 Å². The van der Waals surface area contributed by atoms with Crippen molar-refractivity contribution in [3.05, 3.63) is 48.6 Å². The van der Waals surface area contributed by atoms with Crippen LogP contribution in [0.5, 0.6) is 5.75 Å². The normalized spacial score (nSPS) is 34.9. The Morgan fingerprint density at radius 1 is 1.11 bits per heavy atom. The van der Waals surface area contributed by atoms with Gasteiger partial charge in [-0.3, -0.25) is 14.4 Å². The molecule has 1 N–H and O–H groups in total. The number of hydrogen-bond acceptors (Lipinski definition) is 7. The number of nitrogens with zero attached hydrogens (tertiary/aromatic N) is 2. The lowest BCUT2D eigenvalue weighted by Gasteiger charge is -2.40. The van der Waals surface area contributed by atoms with Crippen LogP contribution in [-0.4, -0.2) is 77.9 Å². The first-order valence-electron chi connectivity index (χ1n) is 12.9. The van der Waals surface area contributed by atoms with E-state index in [9.17, 15) is 19.5 Å². The monoisotopic (exact) mass is 510 g/mol. The van der Waals surface area contributed by atoms with E-state index in [1.807, 2.05) is 25.2 Å². The molecule has 2 amide bonds. The molecular formula is C28H34N2O7. The van der Waals surface area contributed by atoms with Crippen molar-refractivity contribution in [3.63, 3.8) is 0 Å². The van der Waals surface area contributed by atoms with E-state index in [2.05, 4.69) is 0 Å². The smallest absolute Gasteiger partial charge is 0.313 e. The molecule has 1 unspecified atom stereocenters. The largest absolute Gasteiger partial charge is 0.497 e. The number of carbonyl (C=O) groups is 3. The zero-order chi connectivity index (χ0) is 26.4. The van der Waals surface area contributed by atoms with E-state index in [4.69, 9.17) is 14.2 Å². The topological polar surface area (TPSA) is 106 Å². The van der Waals surface area contributed by atoms with Gasteiger partial charge in [-0.15, -0.1) is 0 Å². The van der Waals surface area contributed by atoms with Crippen molar-refractivity contribution in [3.8, 4) is 5.75 Å². The van der Waals surface area contributed by atoms with Crippen LogP contribution in [0, 0.1) is 11.8 Å². The van der Waals surface area contributed by atoms with E-state index in [1.165, 1.54) is 4.90 Å². The Morgan fingerprint density at radius 3 is 2.54 bits per heavy atom. The van der Waals surface area contributed by atoms with Crippen LogP contribution in [0.25, 0.3) is 0 Å². The predicted molar refractivity (Wildman–Crippen MR) is 135 cm³/mol. The molecule has 0 saturated carbocycles. The van der Waals surface area contributed by atoms with E-state index in [1.54, 1.807) is 49.3 Å². The highest BCUT2D eigenvalue weighted by Gasteiger charge is 2.75. The highest BCUT2D eigenvalue weighted by atomic mass is 16.6. The van der Waals surface area contributed by atoms with E-state index in [-0.39, 0.29) is 31.6 Å². The summed E-state index contributed by atoms with van der Waals surface area (Å²) in [6, 6.07) is 5.40. The molecule has 4 aliphatic heterocycles. The molecule has 0 aliphatic carbocycles. The Balaban J connectivity index is 1.66. The van der Waals surface area contributed by atoms with Crippen LogP contribution >= 0.6 is 0 Å². The number of carbonyl (C=O) groups excluding carboxylic acids is 3. The van der Waals surface area contributed by atoms with Crippen molar-refractivity contribution in [1.29, 1.82) is 0 Å². The average Bonchev–Trinajstić information content (AvgIpc) is 3.30. The molecule has 198 valence electrons. The number of amides is 2. The van der Waals surface area contributed by atoms with Gasteiger partial charge in [0.05, 0.1) is 32.3 Å². The van der Waals surface area contributed by atoms with Gasteiger partial charge in [0.2, 0.25) is 5.91 Å².